The van der Waals surface area contributed by atoms with Crippen LogP contribution in [0.2, 0.25) is 5.02 Å². The maximum Gasteiger partial charge on any atom is 0.266 e. The van der Waals surface area contributed by atoms with Crippen molar-refractivity contribution in [2.75, 3.05) is 5.75 Å². The molecule has 5 nitrogen and oxygen atoms in total. The molecule has 0 aliphatic rings. The predicted octanol–water partition coefficient (Wildman–Crippen LogP) is 4.35. The lowest BCUT2D eigenvalue weighted by Crippen LogP contribution is -2.41. The molecule has 1 aromatic heterocycles. The number of para-hydroxylation sites is 1. The summed E-state index contributed by atoms with van der Waals surface area (Å²) >= 11 is 7.51. The fourth-order valence-electron chi connectivity index (χ4n) is 2.84. The van der Waals surface area contributed by atoms with Crippen molar-refractivity contribution in [2.24, 2.45) is 0 Å². The van der Waals surface area contributed by atoms with Crippen molar-refractivity contribution in [3.63, 3.8) is 0 Å². The van der Waals surface area contributed by atoms with Crippen LogP contribution >= 0.6 is 23.4 Å². The minimum Gasteiger partial charge on any atom is -0.351 e. The van der Waals surface area contributed by atoms with Gasteiger partial charge >= 0.3 is 0 Å². The molecule has 2 aromatic carbocycles. The number of hydrogen-bond acceptors (Lipinski definition) is 4. The lowest BCUT2D eigenvalue weighted by molar-refractivity contribution is -0.119. The number of carbonyl (C=O) groups excluding carboxylic acids is 1. The Bertz CT molecular complexity index is 1100. The highest BCUT2D eigenvalue weighted by molar-refractivity contribution is 7.99. The number of aromatic nitrogens is 2. The van der Waals surface area contributed by atoms with Gasteiger partial charge in [-0.05, 0) is 57.5 Å². The first-order chi connectivity index (χ1) is 13.2. The second kappa shape index (κ2) is 7.97. The molecular weight excluding hydrogens is 394 g/mol. The van der Waals surface area contributed by atoms with E-state index in [9.17, 15) is 9.59 Å². The average Bonchev–Trinajstić information content (AvgIpc) is 2.62. The first-order valence-electron chi connectivity index (χ1n) is 8.88. The second-order valence-electron chi connectivity index (χ2n) is 7.52. The molecule has 0 fully saturated rings. The summed E-state index contributed by atoms with van der Waals surface area (Å²) in [5.41, 5.74) is 1.54. The zero-order chi connectivity index (χ0) is 20.5. The molecule has 0 unspecified atom stereocenters. The van der Waals surface area contributed by atoms with Crippen molar-refractivity contribution in [1.82, 2.24) is 14.9 Å². The molecule has 1 N–H and O–H groups in total. The molecule has 0 atom stereocenters. The number of fused-ring (bicyclic) bond motifs is 1. The number of thioether (sulfide) groups is 1. The highest BCUT2D eigenvalue weighted by atomic mass is 35.5. The first-order valence-corrected chi connectivity index (χ1v) is 10.2. The highest BCUT2D eigenvalue weighted by Gasteiger charge is 2.18. The van der Waals surface area contributed by atoms with E-state index in [4.69, 9.17) is 11.6 Å². The minimum absolute atomic E-state index is 0.116. The van der Waals surface area contributed by atoms with Crippen molar-refractivity contribution in [3.8, 4) is 5.69 Å². The quantitative estimate of drug-likeness (QED) is 0.508. The number of rotatable bonds is 4. The standard InChI is InChI=1S/C21H22ClN3O2S/c1-13-15(22)9-7-11-17(13)25-19(27)14-8-5-6-10-16(14)23-20(25)28-12-18(26)24-21(2,3)4/h5-11H,12H2,1-4H3,(H,24,26). The number of nitrogens with one attached hydrogen (secondary N) is 1. The van der Waals surface area contributed by atoms with Crippen molar-refractivity contribution in [2.45, 2.75) is 38.4 Å². The van der Waals surface area contributed by atoms with Crippen LogP contribution in [0.25, 0.3) is 16.6 Å². The van der Waals surface area contributed by atoms with Gasteiger partial charge in [-0.1, -0.05) is 41.6 Å². The Hall–Kier alpha value is -2.31. The summed E-state index contributed by atoms with van der Waals surface area (Å²) in [6.07, 6.45) is 0. The molecule has 0 saturated heterocycles. The third-order valence-corrected chi connectivity index (χ3v) is 5.42. The lowest BCUT2D eigenvalue weighted by Gasteiger charge is -2.20. The average molecular weight is 416 g/mol. The van der Waals surface area contributed by atoms with Crippen LogP contribution in [0, 0.1) is 6.92 Å². The van der Waals surface area contributed by atoms with Crippen LogP contribution in [0.1, 0.15) is 26.3 Å². The molecule has 0 radical (unpaired) electrons. The predicted molar refractivity (Wildman–Crippen MR) is 116 cm³/mol. The molecule has 0 bridgehead atoms. The number of halogens is 1. The van der Waals surface area contributed by atoms with E-state index < -0.39 is 0 Å². The molecule has 146 valence electrons. The fourth-order valence-corrected chi connectivity index (χ4v) is 3.82. The Kier molecular flexibility index (Phi) is 5.82. The van der Waals surface area contributed by atoms with E-state index in [1.54, 1.807) is 28.8 Å². The molecular formula is C21H22ClN3O2S. The van der Waals surface area contributed by atoms with Crippen molar-refractivity contribution in [1.29, 1.82) is 0 Å². The van der Waals surface area contributed by atoms with Crippen molar-refractivity contribution < 1.29 is 4.79 Å². The van der Waals surface area contributed by atoms with Gasteiger partial charge in [-0.3, -0.25) is 14.2 Å². The third-order valence-electron chi connectivity index (χ3n) is 4.07. The van der Waals surface area contributed by atoms with Gasteiger partial charge < -0.3 is 5.32 Å². The van der Waals surface area contributed by atoms with Crippen LogP contribution in [-0.4, -0.2) is 26.8 Å². The number of benzene rings is 2. The summed E-state index contributed by atoms with van der Waals surface area (Å²) in [5, 5.41) is 4.47. The number of nitrogens with zero attached hydrogens (tertiary/aromatic N) is 2. The zero-order valence-electron chi connectivity index (χ0n) is 16.2. The van der Waals surface area contributed by atoms with E-state index in [1.165, 1.54) is 11.8 Å². The van der Waals surface area contributed by atoms with Gasteiger partial charge in [0.1, 0.15) is 0 Å². The topological polar surface area (TPSA) is 64.0 Å². The highest BCUT2D eigenvalue weighted by Crippen LogP contribution is 2.26. The van der Waals surface area contributed by atoms with Gasteiger partial charge in [-0.2, -0.15) is 0 Å². The van der Waals surface area contributed by atoms with E-state index in [2.05, 4.69) is 10.3 Å². The van der Waals surface area contributed by atoms with E-state index in [-0.39, 0.29) is 22.8 Å². The molecule has 7 heteroatoms. The van der Waals surface area contributed by atoms with Crippen LogP contribution in [0.4, 0.5) is 0 Å². The van der Waals surface area contributed by atoms with Crippen LogP contribution in [0.5, 0.6) is 0 Å². The van der Waals surface area contributed by atoms with Crippen LogP contribution in [-0.2, 0) is 4.79 Å². The first kappa shape index (κ1) is 20.4. The summed E-state index contributed by atoms with van der Waals surface area (Å²) in [7, 11) is 0. The lowest BCUT2D eigenvalue weighted by atomic mass is 10.1. The van der Waals surface area contributed by atoms with E-state index in [0.717, 1.165) is 5.56 Å². The van der Waals surface area contributed by atoms with Gasteiger partial charge in [0.15, 0.2) is 5.16 Å². The smallest absolute Gasteiger partial charge is 0.266 e. The van der Waals surface area contributed by atoms with Gasteiger partial charge in [0.25, 0.3) is 5.56 Å². The number of amides is 1. The van der Waals surface area contributed by atoms with Crippen LogP contribution in [0.3, 0.4) is 0 Å². The van der Waals surface area contributed by atoms with Crippen LogP contribution in [0.15, 0.2) is 52.4 Å². The Morgan fingerprint density at radius 1 is 1.18 bits per heavy atom. The molecule has 0 aliphatic carbocycles. The number of hydrogen-bond donors (Lipinski definition) is 1. The summed E-state index contributed by atoms with van der Waals surface area (Å²) < 4.78 is 1.54. The maximum absolute atomic E-state index is 13.3. The molecule has 0 saturated carbocycles. The molecule has 1 heterocycles. The summed E-state index contributed by atoms with van der Waals surface area (Å²) in [4.78, 5) is 30.2. The summed E-state index contributed by atoms with van der Waals surface area (Å²) in [6.45, 7) is 7.64. The Labute approximate surface area is 173 Å². The molecule has 3 aromatic rings. The van der Waals surface area contributed by atoms with E-state index in [1.807, 2.05) is 45.9 Å². The van der Waals surface area contributed by atoms with Gasteiger partial charge in [0, 0.05) is 10.6 Å². The molecule has 3 rings (SSSR count). The van der Waals surface area contributed by atoms with E-state index >= 15 is 0 Å². The van der Waals surface area contributed by atoms with Gasteiger partial charge in [0.05, 0.1) is 22.3 Å². The Morgan fingerprint density at radius 3 is 2.61 bits per heavy atom. The molecule has 1 amide bonds. The third kappa shape index (κ3) is 4.39. The Morgan fingerprint density at radius 2 is 1.89 bits per heavy atom. The maximum atomic E-state index is 13.3. The number of carbonyl (C=O) groups is 1. The van der Waals surface area contributed by atoms with Crippen LogP contribution < -0.4 is 10.9 Å². The molecule has 28 heavy (non-hydrogen) atoms. The largest absolute Gasteiger partial charge is 0.351 e. The normalized spacial score (nSPS) is 11.6. The summed E-state index contributed by atoms with van der Waals surface area (Å²) in [5.74, 6) is 0.0380. The zero-order valence-corrected chi connectivity index (χ0v) is 17.8. The molecule has 0 aliphatic heterocycles. The SMILES string of the molecule is Cc1c(Cl)cccc1-n1c(SCC(=O)NC(C)(C)C)nc2ccccc2c1=O. The van der Waals surface area contributed by atoms with Crippen molar-refractivity contribution in [3.05, 3.63) is 63.4 Å². The van der Waals surface area contributed by atoms with Crippen molar-refractivity contribution >= 4 is 40.2 Å². The fraction of sp³-hybridized carbons (Fsp3) is 0.286. The van der Waals surface area contributed by atoms with Gasteiger partial charge in [0.2, 0.25) is 5.91 Å². The monoisotopic (exact) mass is 415 g/mol. The summed E-state index contributed by atoms with van der Waals surface area (Å²) in [6, 6.07) is 12.6. The van der Waals surface area contributed by atoms with Gasteiger partial charge in [-0.15, -0.1) is 0 Å². The van der Waals surface area contributed by atoms with Gasteiger partial charge in [-0.25, -0.2) is 4.98 Å². The molecule has 0 spiro atoms. The minimum atomic E-state index is -0.322. The Balaban J connectivity index is 2.11. The van der Waals surface area contributed by atoms with E-state index in [0.29, 0.717) is 26.8 Å². The second-order valence-corrected chi connectivity index (χ2v) is 8.87.